The Bertz CT molecular complexity index is 516. The van der Waals surface area contributed by atoms with Crippen molar-refractivity contribution in [2.45, 2.75) is 54.4 Å². The molecule has 1 rings (SSSR count). The molecule has 19 heavy (non-hydrogen) atoms. The van der Waals surface area contributed by atoms with Crippen molar-refractivity contribution < 1.29 is 14.4 Å². The van der Waals surface area contributed by atoms with Gasteiger partial charge in [0.05, 0.1) is 0 Å². The standard InChI is InChI=1S/C16H22O3/c1-7-12(17)8-16(5,6)13-11(4)14(18)9(2)10(3)15(13)19/h7-8H2,1-6H3. The molecule has 0 saturated carbocycles. The molecule has 3 heteroatoms. The van der Waals surface area contributed by atoms with E-state index >= 15 is 0 Å². The predicted molar refractivity (Wildman–Crippen MR) is 74.8 cm³/mol. The van der Waals surface area contributed by atoms with Crippen LogP contribution in [0.25, 0.3) is 0 Å². The number of allylic oxidation sites excluding steroid dienone is 4. The zero-order chi connectivity index (χ0) is 15.0. The van der Waals surface area contributed by atoms with Crippen LogP contribution in [0.4, 0.5) is 0 Å². The van der Waals surface area contributed by atoms with Crippen LogP contribution in [0.5, 0.6) is 0 Å². The van der Waals surface area contributed by atoms with Crippen molar-refractivity contribution in [3.8, 4) is 0 Å². The molecule has 0 aromatic rings. The highest BCUT2D eigenvalue weighted by molar-refractivity contribution is 6.25. The van der Waals surface area contributed by atoms with Crippen LogP contribution in [-0.4, -0.2) is 17.3 Å². The van der Waals surface area contributed by atoms with E-state index in [1.807, 2.05) is 20.8 Å². The molecular formula is C16H22O3. The first kappa shape index (κ1) is 15.5. The maximum atomic E-state index is 12.4. The van der Waals surface area contributed by atoms with Gasteiger partial charge in [0.15, 0.2) is 11.6 Å². The largest absolute Gasteiger partial charge is 0.300 e. The Kier molecular flexibility index (Phi) is 4.28. The van der Waals surface area contributed by atoms with Crippen LogP contribution >= 0.6 is 0 Å². The van der Waals surface area contributed by atoms with Gasteiger partial charge < -0.3 is 0 Å². The first-order valence-electron chi connectivity index (χ1n) is 6.63. The van der Waals surface area contributed by atoms with Crippen LogP contribution in [0.1, 0.15) is 54.4 Å². The van der Waals surface area contributed by atoms with E-state index in [-0.39, 0.29) is 17.3 Å². The van der Waals surface area contributed by atoms with E-state index in [1.54, 1.807) is 20.8 Å². The third-order valence-electron chi connectivity index (χ3n) is 3.90. The highest BCUT2D eigenvalue weighted by Gasteiger charge is 2.37. The fourth-order valence-corrected chi connectivity index (χ4v) is 2.61. The van der Waals surface area contributed by atoms with Gasteiger partial charge in [0.1, 0.15) is 5.78 Å². The van der Waals surface area contributed by atoms with Gasteiger partial charge in [-0.05, 0) is 20.8 Å². The summed E-state index contributed by atoms with van der Waals surface area (Å²) in [5.74, 6) is -0.0675. The summed E-state index contributed by atoms with van der Waals surface area (Å²) in [5, 5.41) is 0. The molecule has 0 N–H and O–H groups in total. The summed E-state index contributed by atoms with van der Waals surface area (Å²) in [7, 11) is 0. The number of ketones is 3. The van der Waals surface area contributed by atoms with Crippen LogP contribution in [0, 0.1) is 5.41 Å². The smallest absolute Gasteiger partial charge is 0.186 e. The zero-order valence-corrected chi connectivity index (χ0v) is 12.6. The molecule has 0 saturated heterocycles. The lowest BCUT2D eigenvalue weighted by Crippen LogP contribution is -2.31. The van der Waals surface area contributed by atoms with Gasteiger partial charge in [-0.1, -0.05) is 20.8 Å². The lowest BCUT2D eigenvalue weighted by molar-refractivity contribution is -0.121. The molecule has 0 fully saturated rings. The third-order valence-corrected chi connectivity index (χ3v) is 3.90. The average Bonchev–Trinajstić information content (AvgIpc) is 2.33. The molecule has 0 spiro atoms. The van der Waals surface area contributed by atoms with E-state index in [0.29, 0.717) is 35.1 Å². The van der Waals surface area contributed by atoms with Crippen molar-refractivity contribution in [2.24, 2.45) is 5.41 Å². The summed E-state index contributed by atoms with van der Waals surface area (Å²) < 4.78 is 0. The van der Waals surface area contributed by atoms with Crippen molar-refractivity contribution in [3.63, 3.8) is 0 Å². The first-order valence-corrected chi connectivity index (χ1v) is 6.63. The number of hydrogen-bond donors (Lipinski definition) is 0. The summed E-state index contributed by atoms with van der Waals surface area (Å²) in [5.41, 5.74) is 1.42. The van der Waals surface area contributed by atoms with Gasteiger partial charge in [-0.25, -0.2) is 0 Å². The van der Waals surface area contributed by atoms with Gasteiger partial charge >= 0.3 is 0 Å². The molecule has 1 aliphatic rings. The maximum absolute atomic E-state index is 12.4. The topological polar surface area (TPSA) is 51.2 Å². The molecule has 1 aliphatic carbocycles. The van der Waals surface area contributed by atoms with E-state index in [0.717, 1.165) is 0 Å². The van der Waals surface area contributed by atoms with Crippen molar-refractivity contribution in [3.05, 3.63) is 22.3 Å². The number of Topliss-reactive ketones (excluding diaryl/α,β-unsaturated/α-hetero) is 3. The number of hydrogen-bond acceptors (Lipinski definition) is 3. The minimum absolute atomic E-state index is 0.0795. The highest BCUT2D eigenvalue weighted by atomic mass is 16.1. The number of carbonyl (C=O) groups is 3. The van der Waals surface area contributed by atoms with Crippen LogP contribution in [0.15, 0.2) is 22.3 Å². The normalized spacial score (nSPS) is 17.4. The SMILES string of the molecule is CCC(=O)CC(C)(C)C1=C(C)C(=O)C(C)=C(C)C1=O. The fourth-order valence-electron chi connectivity index (χ4n) is 2.61. The van der Waals surface area contributed by atoms with Crippen molar-refractivity contribution in [1.82, 2.24) is 0 Å². The number of rotatable bonds is 4. The molecule has 104 valence electrons. The van der Waals surface area contributed by atoms with E-state index in [1.165, 1.54) is 0 Å². The molecule has 0 amide bonds. The summed E-state index contributed by atoms with van der Waals surface area (Å²) >= 11 is 0. The molecule has 0 aliphatic heterocycles. The summed E-state index contributed by atoms with van der Waals surface area (Å²) in [6.07, 6.45) is 0.743. The Balaban J connectivity index is 3.29. The van der Waals surface area contributed by atoms with Crippen LogP contribution < -0.4 is 0 Å². The molecule has 0 aromatic heterocycles. The lowest BCUT2D eigenvalue weighted by Gasteiger charge is -2.31. The second-order valence-electron chi connectivity index (χ2n) is 5.86. The van der Waals surface area contributed by atoms with Crippen molar-refractivity contribution >= 4 is 17.3 Å². The summed E-state index contributed by atoms with van der Waals surface area (Å²) in [6.45, 7) is 10.6. The Morgan fingerprint density at radius 1 is 0.947 bits per heavy atom. The second-order valence-corrected chi connectivity index (χ2v) is 5.86. The highest BCUT2D eigenvalue weighted by Crippen LogP contribution is 2.39. The molecule has 0 heterocycles. The predicted octanol–water partition coefficient (Wildman–Crippen LogP) is 3.19. The van der Waals surface area contributed by atoms with Gasteiger partial charge in [-0.3, -0.25) is 14.4 Å². The van der Waals surface area contributed by atoms with E-state index in [2.05, 4.69) is 0 Å². The molecule has 0 aromatic carbocycles. The zero-order valence-electron chi connectivity index (χ0n) is 12.6. The molecule has 3 nitrogen and oxygen atoms in total. The minimum atomic E-state index is -0.591. The van der Waals surface area contributed by atoms with Crippen LogP contribution in [0.2, 0.25) is 0 Å². The Morgan fingerprint density at radius 2 is 1.42 bits per heavy atom. The molecule has 0 unspecified atom stereocenters. The van der Waals surface area contributed by atoms with E-state index in [4.69, 9.17) is 0 Å². The maximum Gasteiger partial charge on any atom is 0.186 e. The third kappa shape index (κ3) is 2.75. The fraction of sp³-hybridized carbons (Fsp3) is 0.562. The van der Waals surface area contributed by atoms with E-state index in [9.17, 15) is 14.4 Å². The Morgan fingerprint density at radius 3 is 1.89 bits per heavy atom. The van der Waals surface area contributed by atoms with Crippen LogP contribution in [0.3, 0.4) is 0 Å². The Hall–Kier alpha value is -1.51. The molecule has 0 bridgehead atoms. The molecule has 0 radical (unpaired) electrons. The van der Waals surface area contributed by atoms with Gasteiger partial charge in [0, 0.05) is 40.5 Å². The monoisotopic (exact) mass is 262 g/mol. The Labute approximate surface area is 114 Å². The minimum Gasteiger partial charge on any atom is -0.300 e. The average molecular weight is 262 g/mol. The quantitative estimate of drug-likeness (QED) is 0.731. The summed E-state index contributed by atoms with van der Waals surface area (Å²) in [6, 6.07) is 0. The van der Waals surface area contributed by atoms with Crippen LogP contribution in [-0.2, 0) is 14.4 Å². The van der Waals surface area contributed by atoms with Gasteiger partial charge in [0.25, 0.3) is 0 Å². The summed E-state index contributed by atoms with van der Waals surface area (Å²) in [4.78, 5) is 36.2. The van der Waals surface area contributed by atoms with Crippen molar-refractivity contribution in [1.29, 1.82) is 0 Å². The molecule has 0 atom stereocenters. The van der Waals surface area contributed by atoms with Gasteiger partial charge in [0.2, 0.25) is 0 Å². The van der Waals surface area contributed by atoms with E-state index < -0.39 is 5.41 Å². The second kappa shape index (κ2) is 5.24. The molecular weight excluding hydrogens is 240 g/mol. The van der Waals surface area contributed by atoms with Gasteiger partial charge in [-0.2, -0.15) is 0 Å². The van der Waals surface area contributed by atoms with Crippen molar-refractivity contribution in [2.75, 3.05) is 0 Å². The first-order chi connectivity index (χ1) is 8.63. The lowest BCUT2D eigenvalue weighted by atomic mass is 9.70. The van der Waals surface area contributed by atoms with Gasteiger partial charge in [-0.15, -0.1) is 0 Å². The number of carbonyl (C=O) groups excluding carboxylic acids is 3.